The van der Waals surface area contributed by atoms with Crippen molar-refractivity contribution < 1.29 is 14.4 Å². The molecule has 1 fully saturated rings. The van der Waals surface area contributed by atoms with Gasteiger partial charge in [-0.05, 0) is 62.4 Å². The summed E-state index contributed by atoms with van der Waals surface area (Å²) in [5, 5.41) is 5.51. The highest BCUT2D eigenvalue weighted by Crippen LogP contribution is 2.31. The number of carbonyl (C=O) groups excluding carboxylic acids is 3. The number of imide groups is 1. The van der Waals surface area contributed by atoms with Crippen molar-refractivity contribution in [2.45, 2.75) is 51.1 Å². The van der Waals surface area contributed by atoms with Crippen molar-refractivity contribution in [3.05, 3.63) is 34.9 Å². The van der Waals surface area contributed by atoms with E-state index < -0.39 is 0 Å². The van der Waals surface area contributed by atoms with E-state index >= 15 is 0 Å². The number of hydrogen-bond donors (Lipinski definition) is 2. The van der Waals surface area contributed by atoms with Gasteiger partial charge in [0.1, 0.15) is 0 Å². The summed E-state index contributed by atoms with van der Waals surface area (Å²) < 4.78 is 0. The van der Waals surface area contributed by atoms with E-state index in [1.807, 2.05) is 11.8 Å². The number of nitrogens with one attached hydrogen (secondary N) is 2. The monoisotopic (exact) mass is 343 g/mol. The van der Waals surface area contributed by atoms with E-state index in [2.05, 4.69) is 28.8 Å². The largest absolute Gasteiger partial charge is 0.332 e. The molecule has 0 radical (unpaired) electrons. The predicted octanol–water partition coefficient (Wildman–Crippen LogP) is 1.55. The van der Waals surface area contributed by atoms with Crippen LogP contribution in [-0.4, -0.2) is 42.3 Å². The summed E-state index contributed by atoms with van der Waals surface area (Å²) in [6.45, 7) is 4.60. The second-order valence-electron chi connectivity index (χ2n) is 6.95. The van der Waals surface area contributed by atoms with Gasteiger partial charge in [-0.25, -0.2) is 0 Å². The van der Waals surface area contributed by atoms with Crippen molar-refractivity contribution in [1.82, 2.24) is 15.5 Å². The zero-order valence-corrected chi connectivity index (χ0v) is 14.6. The fourth-order valence-electron chi connectivity index (χ4n) is 3.74. The number of piperidine rings is 1. The van der Waals surface area contributed by atoms with Crippen molar-refractivity contribution in [2.24, 2.45) is 0 Å². The third-order valence-electron chi connectivity index (χ3n) is 5.32. The van der Waals surface area contributed by atoms with Gasteiger partial charge in [-0.1, -0.05) is 12.1 Å². The molecule has 0 saturated carbocycles. The Morgan fingerprint density at radius 2 is 2.16 bits per heavy atom. The molecule has 1 aromatic rings. The number of rotatable bonds is 6. The second-order valence-corrected chi connectivity index (χ2v) is 6.95. The third kappa shape index (κ3) is 3.90. The van der Waals surface area contributed by atoms with Crippen molar-refractivity contribution in [1.29, 1.82) is 0 Å². The van der Waals surface area contributed by atoms with Crippen LogP contribution in [0.2, 0.25) is 0 Å². The molecular formula is C19H25N3O3. The highest BCUT2D eigenvalue weighted by atomic mass is 16.2. The molecular weight excluding hydrogens is 318 g/mol. The molecule has 3 rings (SSSR count). The molecule has 1 unspecified atom stereocenters. The first-order valence-electron chi connectivity index (χ1n) is 8.97. The van der Waals surface area contributed by atoms with Gasteiger partial charge in [0.2, 0.25) is 12.3 Å². The van der Waals surface area contributed by atoms with Crippen molar-refractivity contribution in [3.63, 3.8) is 0 Å². The first kappa shape index (κ1) is 17.6. The zero-order chi connectivity index (χ0) is 17.8. The lowest BCUT2D eigenvalue weighted by atomic mass is 9.88. The first-order valence-corrected chi connectivity index (χ1v) is 8.97. The molecule has 134 valence electrons. The van der Waals surface area contributed by atoms with Gasteiger partial charge in [0.15, 0.2) is 0 Å². The SMILES string of the molecule is CC(CCC(=O)NC=O)N1Cc2ccc(C3CCNCC3)cc2C1=O. The van der Waals surface area contributed by atoms with Gasteiger partial charge in [0, 0.05) is 24.6 Å². The number of benzene rings is 1. The Labute approximate surface area is 148 Å². The van der Waals surface area contributed by atoms with Gasteiger partial charge in [-0.15, -0.1) is 0 Å². The lowest BCUT2D eigenvalue weighted by Gasteiger charge is -2.24. The average molecular weight is 343 g/mol. The van der Waals surface area contributed by atoms with E-state index in [1.165, 1.54) is 5.56 Å². The van der Waals surface area contributed by atoms with Crippen LogP contribution in [0.15, 0.2) is 18.2 Å². The Bertz CT molecular complexity index is 668. The van der Waals surface area contributed by atoms with E-state index in [9.17, 15) is 14.4 Å². The van der Waals surface area contributed by atoms with Crippen LogP contribution < -0.4 is 10.6 Å². The maximum absolute atomic E-state index is 12.8. The van der Waals surface area contributed by atoms with Crippen molar-refractivity contribution >= 4 is 18.2 Å². The van der Waals surface area contributed by atoms with Crippen LogP contribution in [0.5, 0.6) is 0 Å². The fraction of sp³-hybridized carbons (Fsp3) is 0.526. The molecule has 2 heterocycles. The normalized spacial score (nSPS) is 18.8. The third-order valence-corrected chi connectivity index (χ3v) is 5.32. The van der Waals surface area contributed by atoms with Crippen LogP contribution in [0.25, 0.3) is 0 Å². The molecule has 25 heavy (non-hydrogen) atoms. The first-order chi connectivity index (χ1) is 12.1. The van der Waals surface area contributed by atoms with Crippen molar-refractivity contribution in [2.75, 3.05) is 13.1 Å². The van der Waals surface area contributed by atoms with E-state index in [0.717, 1.165) is 37.1 Å². The lowest BCUT2D eigenvalue weighted by molar-refractivity contribution is -0.125. The second kappa shape index (κ2) is 7.78. The Morgan fingerprint density at radius 3 is 2.88 bits per heavy atom. The van der Waals surface area contributed by atoms with E-state index in [-0.39, 0.29) is 24.3 Å². The Hall–Kier alpha value is -2.21. The highest BCUT2D eigenvalue weighted by molar-refractivity contribution is 5.98. The fourth-order valence-corrected chi connectivity index (χ4v) is 3.74. The predicted molar refractivity (Wildman–Crippen MR) is 94.1 cm³/mol. The summed E-state index contributed by atoms with van der Waals surface area (Å²) in [7, 11) is 0. The summed E-state index contributed by atoms with van der Waals surface area (Å²) in [6.07, 6.45) is 3.39. The van der Waals surface area contributed by atoms with Crippen LogP contribution in [0.3, 0.4) is 0 Å². The van der Waals surface area contributed by atoms with Gasteiger partial charge in [0.05, 0.1) is 0 Å². The minimum atomic E-state index is -0.306. The molecule has 1 atom stereocenters. The maximum atomic E-state index is 12.8. The summed E-state index contributed by atoms with van der Waals surface area (Å²) in [5.41, 5.74) is 3.13. The summed E-state index contributed by atoms with van der Waals surface area (Å²) in [5.74, 6) is 0.270. The van der Waals surface area contributed by atoms with Crippen molar-refractivity contribution in [3.8, 4) is 0 Å². The smallest absolute Gasteiger partial charge is 0.254 e. The van der Waals surface area contributed by atoms with Crippen LogP contribution in [-0.2, 0) is 16.1 Å². The molecule has 6 heteroatoms. The molecule has 1 saturated heterocycles. The number of fused-ring (bicyclic) bond motifs is 1. The molecule has 2 N–H and O–H groups in total. The average Bonchev–Trinajstić information content (AvgIpc) is 2.97. The van der Waals surface area contributed by atoms with Gasteiger partial charge in [-0.3, -0.25) is 19.7 Å². The van der Waals surface area contributed by atoms with Crippen LogP contribution >= 0.6 is 0 Å². The molecule has 2 aliphatic rings. The topological polar surface area (TPSA) is 78.5 Å². The quantitative estimate of drug-likeness (QED) is 0.768. The van der Waals surface area contributed by atoms with Crippen LogP contribution in [0, 0.1) is 0 Å². The number of nitrogens with zero attached hydrogens (tertiary/aromatic N) is 1. The molecule has 0 aliphatic carbocycles. The van der Waals surface area contributed by atoms with Gasteiger partial charge in [0.25, 0.3) is 5.91 Å². The number of amides is 3. The standard InChI is InChI=1S/C19H25N3O3/c1-13(2-5-18(24)21-12-23)22-11-16-4-3-15(10-17(16)19(22)25)14-6-8-20-9-7-14/h3-4,10,12-14,20H,2,5-9,11H2,1H3,(H,21,23,24). The van der Waals surface area contributed by atoms with Crippen LogP contribution in [0.4, 0.5) is 0 Å². The van der Waals surface area contributed by atoms with Gasteiger partial charge < -0.3 is 10.2 Å². The van der Waals surface area contributed by atoms with Crippen LogP contribution in [0.1, 0.15) is 60.0 Å². The molecule has 0 spiro atoms. The number of hydrogen-bond acceptors (Lipinski definition) is 4. The molecule has 0 bridgehead atoms. The minimum Gasteiger partial charge on any atom is -0.332 e. The Balaban J connectivity index is 1.66. The van der Waals surface area contributed by atoms with E-state index in [0.29, 0.717) is 25.3 Å². The lowest BCUT2D eigenvalue weighted by Crippen LogP contribution is -2.34. The van der Waals surface area contributed by atoms with Gasteiger partial charge >= 0.3 is 0 Å². The highest BCUT2D eigenvalue weighted by Gasteiger charge is 2.31. The minimum absolute atomic E-state index is 0.0420. The zero-order valence-electron chi connectivity index (χ0n) is 14.6. The molecule has 3 amide bonds. The summed E-state index contributed by atoms with van der Waals surface area (Å²) >= 11 is 0. The molecule has 1 aromatic carbocycles. The van der Waals surface area contributed by atoms with E-state index in [4.69, 9.17) is 0 Å². The Kier molecular flexibility index (Phi) is 5.48. The molecule has 0 aromatic heterocycles. The van der Waals surface area contributed by atoms with E-state index in [1.54, 1.807) is 0 Å². The molecule has 2 aliphatic heterocycles. The number of carbonyl (C=O) groups is 3. The Morgan fingerprint density at radius 1 is 1.40 bits per heavy atom. The maximum Gasteiger partial charge on any atom is 0.254 e. The molecule has 6 nitrogen and oxygen atoms in total. The van der Waals surface area contributed by atoms with Gasteiger partial charge in [-0.2, -0.15) is 0 Å². The summed E-state index contributed by atoms with van der Waals surface area (Å²) in [6, 6.07) is 6.27. The summed E-state index contributed by atoms with van der Waals surface area (Å²) in [4.78, 5) is 36.3.